The van der Waals surface area contributed by atoms with Crippen molar-refractivity contribution in [3.63, 3.8) is 0 Å². The molecule has 1 atom stereocenters. The van der Waals surface area contributed by atoms with Gasteiger partial charge >= 0.3 is 0 Å². The van der Waals surface area contributed by atoms with Gasteiger partial charge in [-0.2, -0.15) is 0 Å². The Labute approximate surface area is 128 Å². The standard InChI is InChI=1S/C13H20BrFN2O2S/c1-9(2)12(8-17(3)4)16-20(18,19)13-6-5-10(14)7-11(13)15/h5-7,9,12,16H,8H2,1-4H3. The summed E-state index contributed by atoms with van der Waals surface area (Å²) in [7, 11) is -0.140. The summed E-state index contributed by atoms with van der Waals surface area (Å²) in [5, 5.41) is 0. The second-order valence-electron chi connectivity index (χ2n) is 5.31. The number of benzene rings is 1. The summed E-state index contributed by atoms with van der Waals surface area (Å²) in [5.74, 6) is -0.662. The van der Waals surface area contributed by atoms with Crippen LogP contribution in [0.4, 0.5) is 4.39 Å². The normalized spacial score (nSPS) is 14.0. The fraction of sp³-hybridized carbons (Fsp3) is 0.538. The molecule has 4 nitrogen and oxygen atoms in total. The maximum Gasteiger partial charge on any atom is 0.243 e. The van der Waals surface area contributed by atoms with Crippen LogP contribution in [-0.2, 0) is 10.0 Å². The van der Waals surface area contributed by atoms with Crippen LogP contribution in [0.1, 0.15) is 13.8 Å². The highest BCUT2D eigenvalue weighted by Gasteiger charge is 2.25. The van der Waals surface area contributed by atoms with Gasteiger partial charge in [-0.3, -0.25) is 0 Å². The van der Waals surface area contributed by atoms with Gasteiger partial charge in [0.05, 0.1) is 0 Å². The molecule has 7 heteroatoms. The molecule has 0 aliphatic carbocycles. The van der Waals surface area contributed by atoms with Gasteiger partial charge in [-0.05, 0) is 38.2 Å². The molecule has 1 aromatic rings. The zero-order valence-electron chi connectivity index (χ0n) is 12.0. The molecule has 0 fully saturated rings. The average molecular weight is 367 g/mol. The molecule has 0 bridgehead atoms. The van der Waals surface area contributed by atoms with Gasteiger partial charge in [0.1, 0.15) is 10.7 Å². The third-order valence-electron chi connectivity index (χ3n) is 2.86. The first-order valence-electron chi connectivity index (χ1n) is 6.25. The molecular formula is C13H20BrFN2O2S. The summed E-state index contributed by atoms with van der Waals surface area (Å²) in [6.07, 6.45) is 0. The number of rotatable bonds is 6. The molecule has 20 heavy (non-hydrogen) atoms. The van der Waals surface area contributed by atoms with Crippen molar-refractivity contribution in [3.05, 3.63) is 28.5 Å². The van der Waals surface area contributed by atoms with Crippen molar-refractivity contribution in [3.8, 4) is 0 Å². The SMILES string of the molecule is CC(C)C(CN(C)C)NS(=O)(=O)c1ccc(Br)cc1F. The summed E-state index contributed by atoms with van der Waals surface area (Å²) in [6.45, 7) is 4.40. The van der Waals surface area contributed by atoms with Crippen molar-refractivity contribution in [2.24, 2.45) is 5.92 Å². The maximum atomic E-state index is 13.8. The first-order valence-corrected chi connectivity index (χ1v) is 8.53. The van der Waals surface area contributed by atoms with E-state index in [1.807, 2.05) is 32.8 Å². The Hall–Kier alpha value is -0.500. The highest BCUT2D eigenvalue weighted by atomic mass is 79.9. The Morgan fingerprint density at radius 3 is 2.40 bits per heavy atom. The topological polar surface area (TPSA) is 49.4 Å². The monoisotopic (exact) mass is 366 g/mol. The summed E-state index contributed by atoms with van der Waals surface area (Å²) in [4.78, 5) is 1.57. The van der Waals surface area contributed by atoms with Crippen LogP contribution >= 0.6 is 15.9 Å². The molecule has 0 spiro atoms. The number of nitrogens with zero attached hydrogens (tertiary/aromatic N) is 1. The summed E-state index contributed by atoms with van der Waals surface area (Å²) < 4.78 is 41.4. The van der Waals surface area contributed by atoms with Crippen LogP contribution in [0, 0.1) is 11.7 Å². The number of hydrogen-bond donors (Lipinski definition) is 1. The van der Waals surface area contributed by atoms with E-state index in [1.165, 1.54) is 12.1 Å². The molecule has 1 aromatic carbocycles. The molecule has 0 aromatic heterocycles. The number of nitrogens with one attached hydrogen (secondary N) is 1. The third-order valence-corrected chi connectivity index (χ3v) is 4.87. The van der Waals surface area contributed by atoms with E-state index in [9.17, 15) is 12.8 Å². The lowest BCUT2D eigenvalue weighted by atomic mass is 10.1. The first-order chi connectivity index (χ1) is 9.13. The molecule has 1 N–H and O–H groups in total. The van der Waals surface area contributed by atoms with Gasteiger partial charge in [-0.1, -0.05) is 29.8 Å². The van der Waals surface area contributed by atoms with Crippen LogP contribution in [0.15, 0.2) is 27.6 Å². The van der Waals surface area contributed by atoms with Gasteiger partial charge in [0, 0.05) is 17.1 Å². The fourth-order valence-electron chi connectivity index (χ4n) is 1.73. The van der Waals surface area contributed by atoms with Crippen LogP contribution in [0.5, 0.6) is 0 Å². The van der Waals surface area contributed by atoms with Crippen LogP contribution in [0.3, 0.4) is 0 Å². The van der Waals surface area contributed by atoms with Gasteiger partial charge in [0.25, 0.3) is 0 Å². The van der Waals surface area contributed by atoms with Gasteiger partial charge in [-0.15, -0.1) is 0 Å². The molecule has 1 unspecified atom stereocenters. The van der Waals surface area contributed by atoms with E-state index in [-0.39, 0.29) is 16.9 Å². The van der Waals surface area contributed by atoms with Crippen LogP contribution < -0.4 is 4.72 Å². The van der Waals surface area contributed by atoms with Gasteiger partial charge < -0.3 is 4.90 Å². The molecule has 0 aliphatic heterocycles. The number of likely N-dealkylation sites (N-methyl/N-ethyl adjacent to an activating group) is 1. The van der Waals surface area contributed by atoms with E-state index in [1.54, 1.807) is 0 Å². The summed E-state index contributed by atoms with van der Waals surface area (Å²) in [6, 6.07) is 3.63. The van der Waals surface area contributed by atoms with Gasteiger partial charge in [-0.25, -0.2) is 17.5 Å². The fourth-order valence-corrected chi connectivity index (χ4v) is 3.50. The summed E-state index contributed by atoms with van der Waals surface area (Å²) in [5.41, 5.74) is 0. The van der Waals surface area contributed by atoms with Gasteiger partial charge in [0.2, 0.25) is 10.0 Å². The van der Waals surface area contributed by atoms with Crippen LogP contribution in [-0.4, -0.2) is 40.0 Å². The highest BCUT2D eigenvalue weighted by molar-refractivity contribution is 9.10. The van der Waals surface area contributed by atoms with Crippen molar-refractivity contribution in [1.29, 1.82) is 0 Å². The van der Waals surface area contributed by atoms with Crippen molar-refractivity contribution < 1.29 is 12.8 Å². The largest absolute Gasteiger partial charge is 0.308 e. The van der Waals surface area contributed by atoms with Crippen molar-refractivity contribution >= 4 is 26.0 Å². The smallest absolute Gasteiger partial charge is 0.243 e. The quantitative estimate of drug-likeness (QED) is 0.840. The number of hydrogen-bond acceptors (Lipinski definition) is 3. The summed E-state index contributed by atoms with van der Waals surface area (Å²) >= 11 is 3.11. The minimum atomic E-state index is -3.87. The Kier molecular flexibility index (Phi) is 6.12. The molecule has 0 saturated carbocycles. The van der Waals surface area contributed by atoms with E-state index in [0.29, 0.717) is 11.0 Å². The number of sulfonamides is 1. The first kappa shape index (κ1) is 17.6. The predicted octanol–water partition coefficient (Wildman–Crippen LogP) is 2.45. The molecule has 0 heterocycles. The molecule has 114 valence electrons. The zero-order valence-corrected chi connectivity index (χ0v) is 14.4. The Morgan fingerprint density at radius 1 is 1.35 bits per heavy atom. The molecular weight excluding hydrogens is 347 g/mol. The zero-order chi connectivity index (χ0) is 15.5. The molecule has 0 saturated heterocycles. The van der Waals surface area contributed by atoms with E-state index in [4.69, 9.17) is 0 Å². The Balaban J connectivity index is 3.03. The second-order valence-corrected chi connectivity index (χ2v) is 7.91. The lowest BCUT2D eigenvalue weighted by Gasteiger charge is -2.25. The van der Waals surface area contributed by atoms with E-state index >= 15 is 0 Å². The van der Waals surface area contributed by atoms with Crippen LogP contribution in [0.2, 0.25) is 0 Å². The molecule has 1 rings (SSSR count). The average Bonchev–Trinajstić information content (AvgIpc) is 2.26. The lowest BCUT2D eigenvalue weighted by molar-refractivity contribution is 0.314. The molecule has 0 radical (unpaired) electrons. The van der Waals surface area contributed by atoms with Gasteiger partial charge in [0.15, 0.2) is 0 Å². The number of halogens is 2. The Morgan fingerprint density at radius 2 is 1.95 bits per heavy atom. The van der Waals surface area contributed by atoms with Crippen molar-refractivity contribution in [2.45, 2.75) is 24.8 Å². The van der Waals surface area contributed by atoms with Crippen LogP contribution in [0.25, 0.3) is 0 Å². The molecule has 0 amide bonds. The lowest BCUT2D eigenvalue weighted by Crippen LogP contribution is -2.45. The minimum absolute atomic E-state index is 0.102. The van der Waals surface area contributed by atoms with Crippen molar-refractivity contribution in [2.75, 3.05) is 20.6 Å². The maximum absolute atomic E-state index is 13.8. The third kappa shape index (κ3) is 4.80. The van der Waals surface area contributed by atoms with E-state index in [0.717, 1.165) is 6.07 Å². The minimum Gasteiger partial charge on any atom is -0.308 e. The second kappa shape index (κ2) is 6.98. The molecule has 0 aliphatic rings. The highest BCUT2D eigenvalue weighted by Crippen LogP contribution is 2.20. The van der Waals surface area contributed by atoms with E-state index < -0.39 is 15.8 Å². The predicted molar refractivity (Wildman–Crippen MR) is 81.6 cm³/mol. The van der Waals surface area contributed by atoms with Crippen molar-refractivity contribution in [1.82, 2.24) is 9.62 Å². The van der Waals surface area contributed by atoms with E-state index in [2.05, 4.69) is 20.7 Å². The Bertz CT molecular complexity index is 561.